The van der Waals surface area contributed by atoms with Crippen molar-refractivity contribution in [3.8, 4) is 0 Å². The highest BCUT2D eigenvalue weighted by molar-refractivity contribution is 5.95. The lowest BCUT2D eigenvalue weighted by Crippen LogP contribution is -2.60. The van der Waals surface area contributed by atoms with E-state index in [2.05, 4.69) is 10.6 Å². The first kappa shape index (κ1) is 29.7. The van der Waals surface area contributed by atoms with Gasteiger partial charge in [-0.15, -0.1) is 0 Å². The van der Waals surface area contributed by atoms with Crippen LogP contribution in [0.3, 0.4) is 0 Å². The number of hydrogen-bond acceptors (Lipinski definition) is 8. The first-order chi connectivity index (χ1) is 15.2. The Balaban J connectivity index is 5.56. The van der Waals surface area contributed by atoms with Gasteiger partial charge in [-0.1, -0.05) is 20.3 Å². The van der Waals surface area contributed by atoms with Crippen LogP contribution in [0.1, 0.15) is 46.5 Å². The van der Waals surface area contributed by atoms with Gasteiger partial charge in [-0.3, -0.25) is 24.0 Å². The van der Waals surface area contributed by atoms with Crippen LogP contribution in [0.4, 0.5) is 0 Å². The second kappa shape index (κ2) is 14.0. The molecule has 0 bridgehead atoms. The molecule has 14 heteroatoms. The molecule has 0 saturated carbocycles. The summed E-state index contributed by atoms with van der Waals surface area (Å²) in [6.45, 7) is 4.74. The molecule has 0 heterocycles. The number of carbonyl (C=O) groups is 6. The number of aliphatic carboxylic acids is 2. The molecule has 33 heavy (non-hydrogen) atoms. The largest absolute Gasteiger partial charge is 0.481 e. The van der Waals surface area contributed by atoms with Crippen LogP contribution in [-0.2, 0) is 28.8 Å². The number of amides is 4. The van der Waals surface area contributed by atoms with E-state index in [1.807, 2.05) is 12.2 Å². The number of carboxylic acid groups (broad SMARTS) is 2. The van der Waals surface area contributed by atoms with E-state index < -0.39 is 85.1 Å². The van der Waals surface area contributed by atoms with Crippen molar-refractivity contribution in [2.24, 2.45) is 17.4 Å². The first-order valence-corrected chi connectivity index (χ1v) is 10.3. The van der Waals surface area contributed by atoms with Gasteiger partial charge in [0, 0.05) is 6.42 Å². The zero-order valence-corrected chi connectivity index (χ0v) is 18.7. The molecule has 0 aromatic heterocycles. The lowest BCUT2D eigenvalue weighted by molar-refractivity contribution is -0.144. The molecule has 0 spiro atoms. The van der Waals surface area contributed by atoms with E-state index in [0.29, 0.717) is 6.42 Å². The molecule has 0 fully saturated rings. The minimum Gasteiger partial charge on any atom is -0.481 e. The van der Waals surface area contributed by atoms with E-state index in [1.165, 1.54) is 6.92 Å². The van der Waals surface area contributed by atoms with Crippen LogP contribution in [0, 0.1) is 5.92 Å². The van der Waals surface area contributed by atoms with Gasteiger partial charge in [0.05, 0.1) is 18.6 Å². The van der Waals surface area contributed by atoms with Gasteiger partial charge in [-0.25, -0.2) is 4.79 Å². The number of aliphatic hydroxyl groups excluding tert-OH is 1. The van der Waals surface area contributed by atoms with Crippen molar-refractivity contribution in [1.82, 2.24) is 16.0 Å². The predicted octanol–water partition coefficient (Wildman–Crippen LogP) is -2.98. The van der Waals surface area contributed by atoms with Crippen molar-refractivity contribution in [1.29, 1.82) is 0 Å². The molecule has 0 aromatic rings. The van der Waals surface area contributed by atoms with E-state index in [0.717, 1.165) is 0 Å². The zero-order valence-electron chi connectivity index (χ0n) is 18.7. The number of rotatable bonds is 15. The molecule has 6 atom stereocenters. The Labute approximate surface area is 190 Å². The summed E-state index contributed by atoms with van der Waals surface area (Å²) in [4.78, 5) is 70.8. The summed E-state index contributed by atoms with van der Waals surface area (Å²) >= 11 is 0. The number of hydrogen-bond donors (Lipinski definition) is 8. The first-order valence-electron chi connectivity index (χ1n) is 10.3. The maximum absolute atomic E-state index is 12.7. The standard InChI is InChI=1S/C19H33N5O9/c1-4-8(2)14(21)17(30)24-15(9(3)25)18(31)22-10(5-6-13(27)28)16(29)23-11(19(32)33)7-12(20)26/h8-11,14-15,25H,4-7,21H2,1-3H3,(H2,20,26)(H,22,31)(H,23,29)(H,24,30)(H,27,28)(H,32,33). The molecule has 0 rings (SSSR count). The van der Waals surface area contributed by atoms with Gasteiger partial charge >= 0.3 is 11.9 Å². The van der Waals surface area contributed by atoms with Gasteiger partial charge < -0.3 is 42.7 Å². The smallest absolute Gasteiger partial charge is 0.326 e. The molecule has 4 amide bonds. The third kappa shape index (κ3) is 10.7. The summed E-state index contributed by atoms with van der Waals surface area (Å²) in [7, 11) is 0. The Bertz CT molecular complexity index is 743. The molecule has 6 unspecified atom stereocenters. The number of nitrogens with two attached hydrogens (primary N) is 2. The highest BCUT2D eigenvalue weighted by Gasteiger charge is 2.33. The SMILES string of the molecule is CCC(C)C(N)C(=O)NC(C(=O)NC(CCC(=O)O)C(=O)NC(CC(N)=O)C(=O)O)C(C)O. The minimum atomic E-state index is -1.71. The Morgan fingerprint density at radius 1 is 0.879 bits per heavy atom. The fourth-order valence-corrected chi connectivity index (χ4v) is 2.64. The number of nitrogens with one attached hydrogen (secondary N) is 3. The highest BCUT2D eigenvalue weighted by Crippen LogP contribution is 2.07. The quantitative estimate of drug-likeness (QED) is 0.119. The number of aliphatic hydroxyl groups is 1. The molecular formula is C19H33N5O9. The minimum absolute atomic E-state index is 0.227. The number of primary amides is 1. The van der Waals surface area contributed by atoms with Crippen molar-refractivity contribution in [3.05, 3.63) is 0 Å². The summed E-state index contributed by atoms with van der Waals surface area (Å²) in [5, 5.41) is 34.5. The van der Waals surface area contributed by atoms with Gasteiger partial charge in [0.25, 0.3) is 0 Å². The van der Waals surface area contributed by atoms with Crippen LogP contribution in [0.2, 0.25) is 0 Å². The second-order valence-electron chi connectivity index (χ2n) is 7.70. The van der Waals surface area contributed by atoms with Crippen molar-refractivity contribution in [2.45, 2.75) is 76.7 Å². The fraction of sp³-hybridized carbons (Fsp3) is 0.684. The van der Waals surface area contributed by atoms with Crippen LogP contribution in [0.25, 0.3) is 0 Å². The molecular weight excluding hydrogens is 442 g/mol. The van der Waals surface area contributed by atoms with Crippen molar-refractivity contribution in [2.75, 3.05) is 0 Å². The molecule has 0 aliphatic rings. The Kier molecular flexibility index (Phi) is 12.6. The summed E-state index contributed by atoms with van der Waals surface area (Å²) < 4.78 is 0. The van der Waals surface area contributed by atoms with Crippen LogP contribution in [0.5, 0.6) is 0 Å². The van der Waals surface area contributed by atoms with E-state index in [1.54, 1.807) is 6.92 Å². The Hall–Kier alpha value is -3.26. The van der Waals surface area contributed by atoms with Crippen LogP contribution >= 0.6 is 0 Å². The summed E-state index contributed by atoms with van der Waals surface area (Å²) in [6, 6.07) is -5.77. The molecule has 188 valence electrons. The van der Waals surface area contributed by atoms with E-state index >= 15 is 0 Å². The molecule has 0 aromatic carbocycles. The van der Waals surface area contributed by atoms with Gasteiger partial charge in [-0.05, 0) is 19.3 Å². The molecule has 14 nitrogen and oxygen atoms in total. The van der Waals surface area contributed by atoms with Crippen molar-refractivity contribution in [3.63, 3.8) is 0 Å². The zero-order chi connectivity index (χ0) is 25.9. The van der Waals surface area contributed by atoms with Gasteiger partial charge in [-0.2, -0.15) is 0 Å². The molecule has 0 radical (unpaired) electrons. The summed E-state index contributed by atoms with van der Waals surface area (Å²) in [6.07, 6.45) is -2.59. The number of carbonyl (C=O) groups excluding carboxylic acids is 4. The van der Waals surface area contributed by atoms with Crippen LogP contribution < -0.4 is 27.4 Å². The topological polar surface area (TPSA) is 251 Å². The van der Waals surface area contributed by atoms with Crippen LogP contribution in [-0.4, -0.2) is 81.2 Å². The molecule has 10 N–H and O–H groups in total. The lowest BCUT2D eigenvalue weighted by atomic mass is 9.98. The van der Waals surface area contributed by atoms with Gasteiger partial charge in [0.2, 0.25) is 23.6 Å². The average molecular weight is 475 g/mol. The van der Waals surface area contributed by atoms with Gasteiger partial charge in [0.15, 0.2) is 0 Å². The monoisotopic (exact) mass is 475 g/mol. The molecule has 0 saturated heterocycles. The third-order valence-corrected chi connectivity index (χ3v) is 4.92. The van der Waals surface area contributed by atoms with Crippen molar-refractivity contribution >= 4 is 35.6 Å². The predicted molar refractivity (Wildman–Crippen MR) is 113 cm³/mol. The van der Waals surface area contributed by atoms with E-state index in [4.69, 9.17) is 21.7 Å². The highest BCUT2D eigenvalue weighted by atomic mass is 16.4. The Morgan fingerprint density at radius 2 is 1.42 bits per heavy atom. The average Bonchev–Trinajstić information content (AvgIpc) is 2.71. The number of carboxylic acids is 2. The third-order valence-electron chi connectivity index (χ3n) is 4.92. The molecule has 0 aliphatic heterocycles. The summed E-state index contributed by atoms with van der Waals surface area (Å²) in [5.41, 5.74) is 10.8. The second-order valence-corrected chi connectivity index (χ2v) is 7.70. The van der Waals surface area contributed by atoms with Gasteiger partial charge in [0.1, 0.15) is 18.1 Å². The summed E-state index contributed by atoms with van der Waals surface area (Å²) in [5.74, 6) is -6.94. The van der Waals surface area contributed by atoms with Crippen molar-refractivity contribution < 1.29 is 44.1 Å². The normalized spacial score (nSPS) is 16.3. The van der Waals surface area contributed by atoms with E-state index in [-0.39, 0.29) is 5.92 Å². The van der Waals surface area contributed by atoms with Crippen LogP contribution in [0.15, 0.2) is 0 Å². The van der Waals surface area contributed by atoms with E-state index in [9.17, 15) is 33.9 Å². The lowest BCUT2D eigenvalue weighted by Gasteiger charge is -2.27. The molecule has 0 aliphatic carbocycles. The maximum Gasteiger partial charge on any atom is 0.326 e. The fourth-order valence-electron chi connectivity index (χ4n) is 2.64. The Morgan fingerprint density at radius 3 is 1.85 bits per heavy atom. The maximum atomic E-state index is 12.7.